The molecule has 2 aromatic heterocycles. The van der Waals surface area contributed by atoms with E-state index in [0.29, 0.717) is 0 Å². The van der Waals surface area contributed by atoms with Gasteiger partial charge in [0.15, 0.2) is 0 Å². The van der Waals surface area contributed by atoms with Gasteiger partial charge in [-0.15, -0.1) is 22.7 Å². The summed E-state index contributed by atoms with van der Waals surface area (Å²) in [5.41, 5.74) is 1.18. The van der Waals surface area contributed by atoms with Gasteiger partial charge in [0, 0.05) is 30.2 Å². The molecule has 0 amide bonds. The lowest BCUT2D eigenvalue weighted by molar-refractivity contribution is 1.24. The summed E-state index contributed by atoms with van der Waals surface area (Å²) in [7, 11) is 0. The van der Waals surface area contributed by atoms with Crippen LogP contribution in [0.2, 0.25) is 5.02 Å². The molecule has 0 radical (unpaired) electrons. The first-order valence-corrected chi connectivity index (χ1v) is 7.99. The summed E-state index contributed by atoms with van der Waals surface area (Å²) in [6.45, 7) is 0. The fourth-order valence-corrected chi connectivity index (χ4v) is 4.52. The first kappa shape index (κ1) is 11.7. The van der Waals surface area contributed by atoms with E-state index in [1.54, 1.807) is 11.3 Å². The highest BCUT2D eigenvalue weighted by Gasteiger charge is 2.07. The lowest BCUT2D eigenvalue weighted by Crippen LogP contribution is -1.86. The van der Waals surface area contributed by atoms with Crippen LogP contribution in [0, 0.1) is 0 Å². The zero-order valence-corrected chi connectivity index (χ0v) is 12.7. The van der Waals surface area contributed by atoms with Gasteiger partial charge in [-0.1, -0.05) is 27.5 Å². The SMILES string of the molecule is Clc1ccc(Br)cc1Cc1cc2sccc2s1. The zero-order chi connectivity index (χ0) is 11.8. The predicted molar refractivity (Wildman–Crippen MR) is 81.7 cm³/mol. The van der Waals surface area contributed by atoms with Gasteiger partial charge in [-0.3, -0.25) is 0 Å². The fraction of sp³-hybridized carbons (Fsp3) is 0.0769. The number of rotatable bonds is 2. The molecule has 1 aromatic carbocycles. The fourth-order valence-electron chi connectivity index (χ4n) is 1.77. The van der Waals surface area contributed by atoms with Crippen LogP contribution in [-0.2, 0) is 6.42 Å². The monoisotopic (exact) mass is 342 g/mol. The summed E-state index contributed by atoms with van der Waals surface area (Å²) >= 11 is 13.3. The number of halogens is 2. The van der Waals surface area contributed by atoms with Crippen LogP contribution in [0.4, 0.5) is 0 Å². The maximum atomic E-state index is 6.21. The van der Waals surface area contributed by atoms with E-state index < -0.39 is 0 Å². The van der Waals surface area contributed by atoms with Crippen LogP contribution in [0.15, 0.2) is 40.2 Å². The van der Waals surface area contributed by atoms with Crippen molar-refractivity contribution in [1.29, 1.82) is 0 Å². The first-order valence-electron chi connectivity index (χ1n) is 5.12. The number of benzene rings is 1. The molecule has 0 aliphatic heterocycles. The minimum atomic E-state index is 0.838. The molecular formula is C13H8BrClS2. The van der Waals surface area contributed by atoms with E-state index in [0.717, 1.165) is 15.9 Å². The lowest BCUT2D eigenvalue weighted by Gasteiger charge is -2.02. The van der Waals surface area contributed by atoms with Crippen molar-refractivity contribution in [3.63, 3.8) is 0 Å². The Morgan fingerprint density at radius 3 is 2.82 bits per heavy atom. The number of thiophene rings is 2. The minimum absolute atomic E-state index is 0.838. The average Bonchev–Trinajstić information content (AvgIpc) is 2.83. The summed E-state index contributed by atoms with van der Waals surface area (Å²) in [5, 5.41) is 2.97. The van der Waals surface area contributed by atoms with Gasteiger partial charge in [0.2, 0.25) is 0 Å². The molecule has 0 unspecified atom stereocenters. The van der Waals surface area contributed by atoms with Gasteiger partial charge in [0.05, 0.1) is 0 Å². The van der Waals surface area contributed by atoms with Crippen LogP contribution in [0.3, 0.4) is 0 Å². The van der Waals surface area contributed by atoms with E-state index in [1.807, 2.05) is 23.5 Å². The summed E-state index contributed by atoms with van der Waals surface area (Å²) < 4.78 is 3.82. The molecule has 86 valence electrons. The summed E-state index contributed by atoms with van der Waals surface area (Å²) in [6, 6.07) is 10.4. The van der Waals surface area contributed by atoms with Crippen molar-refractivity contribution < 1.29 is 0 Å². The number of fused-ring (bicyclic) bond motifs is 1. The Bertz CT molecular complexity index is 640. The van der Waals surface area contributed by atoms with Crippen molar-refractivity contribution in [2.75, 3.05) is 0 Å². The van der Waals surface area contributed by atoms with E-state index in [9.17, 15) is 0 Å². The molecule has 0 aliphatic carbocycles. The summed E-state index contributed by atoms with van der Waals surface area (Å²) in [4.78, 5) is 1.37. The van der Waals surface area contributed by atoms with Gasteiger partial charge in [-0.05, 0) is 41.3 Å². The molecule has 0 spiro atoms. The molecule has 0 N–H and O–H groups in total. The van der Waals surface area contributed by atoms with E-state index in [2.05, 4.69) is 39.5 Å². The standard InChI is InChI=1S/C13H8BrClS2/c14-9-1-2-11(15)8(5-9)6-10-7-13-12(17-10)3-4-16-13/h1-5,7H,6H2. The molecule has 17 heavy (non-hydrogen) atoms. The average molecular weight is 344 g/mol. The van der Waals surface area contributed by atoms with Crippen molar-refractivity contribution in [3.8, 4) is 0 Å². The van der Waals surface area contributed by atoms with Crippen LogP contribution < -0.4 is 0 Å². The smallest absolute Gasteiger partial charge is 0.0453 e. The van der Waals surface area contributed by atoms with Crippen LogP contribution >= 0.6 is 50.2 Å². The van der Waals surface area contributed by atoms with Gasteiger partial charge in [0.1, 0.15) is 0 Å². The molecule has 0 aliphatic rings. The molecule has 3 rings (SSSR count). The molecule has 0 atom stereocenters. The molecule has 2 heterocycles. The molecular weight excluding hydrogens is 336 g/mol. The van der Waals surface area contributed by atoms with Crippen LogP contribution in [-0.4, -0.2) is 0 Å². The van der Waals surface area contributed by atoms with Gasteiger partial charge >= 0.3 is 0 Å². The normalized spacial score (nSPS) is 11.2. The van der Waals surface area contributed by atoms with Crippen molar-refractivity contribution in [3.05, 3.63) is 55.6 Å². The van der Waals surface area contributed by atoms with E-state index in [4.69, 9.17) is 11.6 Å². The van der Waals surface area contributed by atoms with Crippen LogP contribution in [0.25, 0.3) is 9.40 Å². The molecule has 0 saturated heterocycles. The Morgan fingerprint density at radius 2 is 2.00 bits per heavy atom. The highest BCUT2D eigenvalue weighted by Crippen LogP contribution is 2.32. The molecule has 4 heteroatoms. The second-order valence-electron chi connectivity index (χ2n) is 3.77. The quantitative estimate of drug-likeness (QED) is 0.538. The lowest BCUT2D eigenvalue weighted by atomic mass is 10.1. The summed E-state index contributed by atoms with van der Waals surface area (Å²) in [5.74, 6) is 0. The van der Waals surface area contributed by atoms with Gasteiger partial charge < -0.3 is 0 Å². The predicted octanol–water partition coefficient (Wildman–Crippen LogP) is 5.97. The highest BCUT2D eigenvalue weighted by molar-refractivity contribution is 9.10. The first-order chi connectivity index (χ1) is 8.22. The van der Waals surface area contributed by atoms with Crippen LogP contribution in [0.1, 0.15) is 10.4 Å². The Morgan fingerprint density at radius 1 is 1.12 bits per heavy atom. The zero-order valence-electron chi connectivity index (χ0n) is 8.74. The van der Waals surface area contributed by atoms with E-state index in [1.165, 1.54) is 19.8 Å². The van der Waals surface area contributed by atoms with Gasteiger partial charge in [0.25, 0.3) is 0 Å². The molecule has 3 aromatic rings. The third-order valence-electron chi connectivity index (χ3n) is 2.56. The maximum Gasteiger partial charge on any atom is 0.0453 e. The minimum Gasteiger partial charge on any atom is -0.143 e. The Labute approximate surface area is 121 Å². The van der Waals surface area contributed by atoms with E-state index >= 15 is 0 Å². The molecule has 0 nitrogen and oxygen atoms in total. The second-order valence-corrected chi connectivity index (χ2v) is 7.21. The summed E-state index contributed by atoms with van der Waals surface area (Å²) in [6.07, 6.45) is 0.907. The molecule has 0 bridgehead atoms. The van der Waals surface area contributed by atoms with Crippen LogP contribution in [0.5, 0.6) is 0 Å². The van der Waals surface area contributed by atoms with E-state index in [-0.39, 0.29) is 0 Å². The number of hydrogen-bond donors (Lipinski definition) is 0. The van der Waals surface area contributed by atoms with Gasteiger partial charge in [-0.25, -0.2) is 0 Å². The highest BCUT2D eigenvalue weighted by atomic mass is 79.9. The maximum absolute atomic E-state index is 6.21. The third kappa shape index (κ3) is 2.43. The Balaban J connectivity index is 1.96. The van der Waals surface area contributed by atoms with Crippen molar-refractivity contribution in [1.82, 2.24) is 0 Å². The Kier molecular flexibility index (Phi) is 3.26. The second kappa shape index (κ2) is 4.73. The third-order valence-corrected chi connectivity index (χ3v) is 5.52. The van der Waals surface area contributed by atoms with Crippen molar-refractivity contribution in [2.45, 2.75) is 6.42 Å². The van der Waals surface area contributed by atoms with Crippen molar-refractivity contribution in [2.24, 2.45) is 0 Å². The molecule has 0 fully saturated rings. The number of hydrogen-bond acceptors (Lipinski definition) is 2. The molecule has 0 saturated carbocycles. The Hall–Kier alpha value is -0.350. The largest absolute Gasteiger partial charge is 0.143 e. The topological polar surface area (TPSA) is 0 Å². The van der Waals surface area contributed by atoms with Gasteiger partial charge in [-0.2, -0.15) is 0 Å². The van der Waals surface area contributed by atoms with Crippen molar-refractivity contribution >= 4 is 59.6 Å².